The lowest BCUT2D eigenvalue weighted by atomic mass is 10.0. The van der Waals surface area contributed by atoms with Gasteiger partial charge in [-0.05, 0) is 25.3 Å². The predicted octanol–water partition coefficient (Wildman–Crippen LogP) is 3.77. The van der Waals surface area contributed by atoms with Crippen LogP contribution in [0.4, 0.5) is 5.95 Å². The van der Waals surface area contributed by atoms with Crippen LogP contribution in [0.15, 0.2) is 53.8 Å². The normalized spacial score (nSPS) is 13.5. The van der Waals surface area contributed by atoms with Gasteiger partial charge in [-0.3, -0.25) is 5.41 Å². The van der Waals surface area contributed by atoms with Crippen LogP contribution in [-0.4, -0.2) is 21.2 Å². The first kappa shape index (κ1) is 21.5. The topological polar surface area (TPSA) is 106 Å². The Morgan fingerprint density at radius 1 is 1.11 bits per heavy atom. The number of nitrogens with one attached hydrogen (secondary N) is 1. The molecule has 28 heavy (non-hydrogen) atoms. The maximum atomic E-state index is 7.74. The lowest BCUT2D eigenvalue weighted by molar-refractivity contribution is 0.883. The van der Waals surface area contributed by atoms with Crippen molar-refractivity contribution >= 4 is 42.3 Å². The second-order valence-electron chi connectivity index (χ2n) is 6.49. The van der Waals surface area contributed by atoms with E-state index in [9.17, 15) is 0 Å². The molecule has 6 nitrogen and oxygen atoms in total. The molecule has 1 heterocycles. The first-order valence-electron chi connectivity index (χ1n) is 8.49. The fourth-order valence-electron chi connectivity index (χ4n) is 3.32. The molecule has 0 atom stereocenters. The summed E-state index contributed by atoms with van der Waals surface area (Å²) in [5.41, 5.74) is 18.6. The molecule has 0 bridgehead atoms. The van der Waals surface area contributed by atoms with Gasteiger partial charge in [-0.1, -0.05) is 48.0 Å². The van der Waals surface area contributed by atoms with E-state index in [1.54, 1.807) is 4.68 Å². The number of aromatic nitrogens is 2. The number of fused-ring (bicyclic) bond motifs is 1. The third kappa shape index (κ3) is 3.88. The lowest BCUT2D eigenvalue weighted by Gasteiger charge is -2.06. The van der Waals surface area contributed by atoms with E-state index >= 15 is 0 Å². The molecule has 0 aliphatic heterocycles. The number of hydrogen-bond donors (Lipinski definition) is 3. The summed E-state index contributed by atoms with van der Waals surface area (Å²) in [5.74, 6) is 0.441. The molecule has 0 amide bonds. The van der Waals surface area contributed by atoms with Gasteiger partial charge in [0.05, 0.1) is 17.6 Å². The minimum atomic E-state index is 0. The van der Waals surface area contributed by atoms with Crippen LogP contribution in [0.2, 0.25) is 0 Å². The molecule has 0 saturated heterocycles. The Hall–Kier alpha value is -2.83. The summed E-state index contributed by atoms with van der Waals surface area (Å²) in [7, 11) is 0. The second-order valence-corrected chi connectivity index (χ2v) is 6.49. The number of halogens is 2. The molecule has 2 aromatic carbocycles. The SMILES string of the molecule is Cc1ccc(-c2cn(N=C3CCc4c(C(=N)N)cccc43)c(N)n2)cc1.Cl.Cl. The molecule has 0 fully saturated rings. The zero-order valence-electron chi connectivity index (χ0n) is 15.3. The molecule has 1 aromatic heterocycles. The van der Waals surface area contributed by atoms with E-state index < -0.39 is 0 Å². The number of hydrogen-bond acceptors (Lipinski definition) is 4. The quantitative estimate of drug-likeness (QED) is 0.446. The van der Waals surface area contributed by atoms with Crippen molar-refractivity contribution in [2.24, 2.45) is 10.8 Å². The number of amidine groups is 1. The number of anilines is 1. The number of imidazole rings is 1. The number of nitrogen functional groups attached to an aromatic ring is 2. The predicted molar refractivity (Wildman–Crippen MR) is 119 cm³/mol. The van der Waals surface area contributed by atoms with Crippen LogP contribution < -0.4 is 11.5 Å². The molecular formula is C20H22Cl2N6. The van der Waals surface area contributed by atoms with E-state index in [1.165, 1.54) is 5.56 Å². The van der Waals surface area contributed by atoms with Crippen molar-refractivity contribution in [3.8, 4) is 11.3 Å². The minimum absolute atomic E-state index is 0. The van der Waals surface area contributed by atoms with Crippen molar-refractivity contribution in [2.45, 2.75) is 19.8 Å². The lowest BCUT2D eigenvalue weighted by Crippen LogP contribution is -2.13. The van der Waals surface area contributed by atoms with Gasteiger partial charge in [0, 0.05) is 16.7 Å². The summed E-state index contributed by atoms with van der Waals surface area (Å²) in [4.78, 5) is 4.43. The number of nitrogens with zero attached hydrogens (tertiary/aromatic N) is 3. The van der Waals surface area contributed by atoms with Crippen molar-refractivity contribution in [2.75, 3.05) is 5.73 Å². The largest absolute Gasteiger partial charge is 0.384 e. The molecule has 1 aliphatic carbocycles. The Kier molecular flexibility index (Phi) is 6.48. The van der Waals surface area contributed by atoms with Crippen LogP contribution in [0.5, 0.6) is 0 Å². The summed E-state index contributed by atoms with van der Waals surface area (Å²) in [6.45, 7) is 2.05. The summed E-state index contributed by atoms with van der Waals surface area (Å²) in [6.07, 6.45) is 3.46. The molecule has 5 N–H and O–H groups in total. The molecule has 0 saturated carbocycles. The van der Waals surface area contributed by atoms with Gasteiger partial charge in [-0.2, -0.15) is 5.10 Å². The second kappa shape index (κ2) is 8.46. The van der Waals surface area contributed by atoms with Crippen molar-refractivity contribution in [1.82, 2.24) is 9.66 Å². The highest BCUT2D eigenvalue weighted by Gasteiger charge is 2.22. The van der Waals surface area contributed by atoms with Crippen LogP contribution in [0, 0.1) is 12.3 Å². The van der Waals surface area contributed by atoms with Gasteiger partial charge in [0.25, 0.3) is 0 Å². The van der Waals surface area contributed by atoms with Gasteiger partial charge in [0.1, 0.15) is 5.84 Å². The average molecular weight is 417 g/mol. The van der Waals surface area contributed by atoms with E-state index in [4.69, 9.17) is 22.0 Å². The van der Waals surface area contributed by atoms with Gasteiger partial charge >= 0.3 is 0 Å². The maximum Gasteiger partial charge on any atom is 0.221 e. The van der Waals surface area contributed by atoms with Crippen LogP contribution in [0.1, 0.15) is 28.7 Å². The van der Waals surface area contributed by atoms with Gasteiger partial charge < -0.3 is 11.5 Å². The summed E-state index contributed by atoms with van der Waals surface area (Å²) in [5, 5.41) is 12.4. The van der Waals surface area contributed by atoms with E-state index in [2.05, 4.69) is 11.9 Å². The Morgan fingerprint density at radius 2 is 1.82 bits per heavy atom. The Bertz CT molecular complexity index is 1040. The van der Waals surface area contributed by atoms with Crippen LogP contribution in [0.25, 0.3) is 11.3 Å². The molecule has 1 aliphatic rings. The average Bonchev–Trinajstić information content (AvgIpc) is 3.20. The zero-order valence-corrected chi connectivity index (χ0v) is 17.0. The molecule has 146 valence electrons. The highest BCUT2D eigenvalue weighted by atomic mass is 35.5. The standard InChI is InChI=1S/C20H20N6.2ClH/c1-12-5-7-13(8-6-12)18-11-26(20(23)24-18)25-17-10-9-14-15(17)3-2-4-16(14)19(21)22;;/h2-8,11H,9-10H2,1H3,(H3,21,22)(H2,23,24);2*1H. The van der Waals surface area contributed by atoms with Crippen molar-refractivity contribution < 1.29 is 0 Å². The van der Waals surface area contributed by atoms with Gasteiger partial charge in [-0.15, -0.1) is 24.8 Å². The van der Waals surface area contributed by atoms with Gasteiger partial charge in [0.2, 0.25) is 5.95 Å². The summed E-state index contributed by atoms with van der Waals surface area (Å²) in [6, 6.07) is 14.0. The first-order chi connectivity index (χ1) is 12.5. The number of benzene rings is 2. The number of rotatable bonds is 3. The third-order valence-electron chi connectivity index (χ3n) is 4.68. The molecule has 0 radical (unpaired) electrons. The molecule has 0 unspecified atom stereocenters. The number of aryl methyl sites for hydroxylation is 1. The van der Waals surface area contributed by atoms with E-state index in [-0.39, 0.29) is 30.6 Å². The van der Waals surface area contributed by atoms with Crippen LogP contribution in [-0.2, 0) is 6.42 Å². The van der Waals surface area contributed by atoms with E-state index in [0.717, 1.165) is 46.5 Å². The van der Waals surface area contributed by atoms with Crippen molar-refractivity contribution in [3.05, 3.63) is 70.9 Å². The van der Waals surface area contributed by atoms with Crippen LogP contribution >= 0.6 is 24.8 Å². The van der Waals surface area contributed by atoms with Gasteiger partial charge in [-0.25, -0.2) is 9.66 Å². The van der Waals surface area contributed by atoms with E-state index in [1.807, 2.05) is 48.7 Å². The van der Waals surface area contributed by atoms with Crippen LogP contribution in [0.3, 0.4) is 0 Å². The summed E-state index contributed by atoms with van der Waals surface area (Å²) >= 11 is 0. The Balaban J connectivity index is 0.00000140. The molecule has 4 rings (SSSR count). The monoisotopic (exact) mass is 416 g/mol. The highest BCUT2D eigenvalue weighted by Crippen LogP contribution is 2.27. The maximum absolute atomic E-state index is 7.74. The Labute approximate surface area is 176 Å². The fraction of sp³-hybridized carbons (Fsp3) is 0.150. The number of nitrogens with two attached hydrogens (primary N) is 2. The van der Waals surface area contributed by atoms with Crippen molar-refractivity contribution in [3.63, 3.8) is 0 Å². The highest BCUT2D eigenvalue weighted by molar-refractivity contribution is 6.08. The summed E-state index contributed by atoms with van der Waals surface area (Å²) < 4.78 is 1.63. The third-order valence-corrected chi connectivity index (χ3v) is 4.68. The smallest absolute Gasteiger partial charge is 0.221 e. The fourth-order valence-corrected chi connectivity index (χ4v) is 3.32. The minimum Gasteiger partial charge on any atom is -0.384 e. The molecule has 3 aromatic rings. The molecule has 0 spiro atoms. The Morgan fingerprint density at radius 3 is 2.50 bits per heavy atom. The molecule has 8 heteroatoms. The van der Waals surface area contributed by atoms with Gasteiger partial charge in [0.15, 0.2) is 0 Å². The first-order valence-corrected chi connectivity index (χ1v) is 8.49. The zero-order chi connectivity index (χ0) is 18.3. The molecular weight excluding hydrogens is 395 g/mol. The van der Waals surface area contributed by atoms with Crippen molar-refractivity contribution in [1.29, 1.82) is 5.41 Å². The van der Waals surface area contributed by atoms with E-state index in [0.29, 0.717) is 5.95 Å².